The Labute approximate surface area is 190 Å². The summed E-state index contributed by atoms with van der Waals surface area (Å²) in [5, 5.41) is 0. The van der Waals surface area contributed by atoms with Crippen LogP contribution >= 0.6 is 0 Å². The van der Waals surface area contributed by atoms with Gasteiger partial charge < -0.3 is 4.90 Å². The number of halogens is 1. The molecule has 0 aromatic heterocycles. The molecule has 0 aliphatic carbocycles. The minimum atomic E-state index is -3.56. The number of sulfonamides is 1. The second-order valence-corrected chi connectivity index (χ2v) is 11.0. The van der Waals surface area contributed by atoms with Gasteiger partial charge >= 0.3 is 0 Å². The quantitative estimate of drug-likeness (QED) is 0.679. The Hall–Kier alpha value is -2.25. The van der Waals surface area contributed by atoms with E-state index in [2.05, 4.69) is 0 Å². The number of carbonyl (C=O) groups is 1. The van der Waals surface area contributed by atoms with Gasteiger partial charge in [0.2, 0.25) is 15.9 Å². The Balaban J connectivity index is 1.39. The van der Waals surface area contributed by atoms with E-state index in [1.165, 1.54) is 16.4 Å². The first-order chi connectivity index (χ1) is 15.3. The van der Waals surface area contributed by atoms with Gasteiger partial charge in [-0.25, -0.2) is 12.8 Å². The average molecular weight is 459 g/mol. The Kier molecular flexibility index (Phi) is 6.67. The zero-order valence-electron chi connectivity index (χ0n) is 18.8. The zero-order valence-corrected chi connectivity index (χ0v) is 19.6. The number of hydrogen-bond acceptors (Lipinski definition) is 3. The molecule has 0 spiro atoms. The molecule has 5 nitrogen and oxygen atoms in total. The first-order valence-electron chi connectivity index (χ1n) is 11.4. The van der Waals surface area contributed by atoms with Gasteiger partial charge in [0.1, 0.15) is 5.82 Å². The number of rotatable bonds is 5. The molecule has 0 N–H and O–H groups in total. The molecule has 2 fully saturated rings. The van der Waals surface area contributed by atoms with Crippen LogP contribution in [0.25, 0.3) is 0 Å². The average Bonchev–Trinajstić information content (AvgIpc) is 3.21. The normalized spacial score (nSPS) is 20.6. The van der Waals surface area contributed by atoms with Gasteiger partial charge in [0.15, 0.2) is 0 Å². The number of aryl methyl sites for hydroxylation is 2. The van der Waals surface area contributed by atoms with Crippen LogP contribution in [0.15, 0.2) is 47.4 Å². The molecule has 2 aliphatic heterocycles. The third-order valence-corrected chi connectivity index (χ3v) is 8.83. The molecular weight excluding hydrogens is 427 g/mol. The number of nitrogens with zero attached hydrogens (tertiary/aromatic N) is 2. The van der Waals surface area contributed by atoms with E-state index >= 15 is 0 Å². The molecule has 7 heteroatoms. The molecule has 0 saturated carbocycles. The Morgan fingerprint density at radius 2 is 1.78 bits per heavy atom. The third kappa shape index (κ3) is 4.74. The highest BCUT2D eigenvalue weighted by Gasteiger charge is 2.37. The molecule has 2 aromatic rings. The van der Waals surface area contributed by atoms with Crippen LogP contribution in [0.2, 0.25) is 0 Å². The fourth-order valence-corrected chi connectivity index (χ4v) is 6.76. The molecule has 32 heavy (non-hydrogen) atoms. The lowest BCUT2D eigenvalue weighted by molar-refractivity contribution is -0.137. The van der Waals surface area contributed by atoms with Crippen LogP contribution in [0.5, 0.6) is 0 Å². The maximum Gasteiger partial charge on any atom is 0.243 e. The zero-order chi connectivity index (χ0) is 22.9. The number of benzene rings is 2. The van der Waals surface area contributed by atoms with Crippen LogP contribution in [0.4, 0.5) is 4.39 Å². The van der Waals surface area contributed by atoms with Crippen molar-refractivity contribution >= 4 is 15.9 Å². The monoisotopic (exact) mass is 458 g/mol. The largest absolute Gasteiger partial charge is 0.339 e. The molecule has 4 rings (SSSR count). The molecule has 0 bridgehead atoms. The number of hydrogen-bond donors (Lipinski definition) is 0. The van der Waals surface area contributed by atoms with E-state index < -0.39 is 10.0 Å². The fraction of sp³-hybridized carbons (Fsp3) is 0.480. The summed E-state index contributed by atoms with van der Waals surface area (Å²) in [6, 6.07) is 12.0. The molecule has 2 aliphatic rings. The van der Waals surface area contributed by atoms with Gasteiger partial charge in [-0.05, 0) is 75.3 Å². The van der Waals surface area contributed by atoms with E-state index in [0.717, 1.165) is 36.1 Å². The lowest BCUT2D eigenvalue weighted by atomic mass is 9.95. The van der Waals surface area contributed by atoms with Crippen LogP contribution in [0.3, 0.4) is 0 Å². The molecule has 1 amide bonds. The predicted octanol–water partition coefficient (Wildman–Crippen LogP) is 4.08. The number of amides is 1. The standard InChI is InChI=1S/C25H31FN2O3S/c1-18-8-9-24(19(2)15-18)32(30,31)27-13-10-21(11-14-27)25(29)28-12-4-7-23(28)17-20-5-3-6-22(26)16-20/h3,5-6,8-9,15-16,21,23H,4,7,10-14,17H2,1-2H3. The first kappa shape index (κ1) is 22.9. The summed E-state index contributed by atoms with van der Waals surface area (Å²) in [5.41, 5.74) is 2.69. The van der Waals surface area contributed by atoms with Gasteiger partial charge in [-0.15, -0.1) is 0 Å². The number of carbonyl (C=O) groups excluding carboxylic acids is 1. The van der Waals surface area contributed by atoms with Gasteiger partial charge in [0, 0.05) is 31.6 Å². The van der Waals surface area contributed by atoms with E-state index in [0.29, 0.717) is 37.2 Å². The van der Waals surface area contributed by atoms with Crippen molar-refractivity contribution in [2.45, 2.75) is 56.9 Å². The van der Waals surface area contributed by atoms with Crippen molar-refractivity contribution in [3.8, 4) is 0 Å². The molecule has 2 saturated heterocycles. The lowest BCUT2D eigenvalue weighted by Gasteiger charge is -2.34. The summed E-state index contributed by atoms with van der Waals surface area (Å²) in [6.45, 7) is 5.20. The number of likely N-dealkylation sites (tertiary alicyclic amines) is 1. The first-order valence-corrected chi connectivity index (χ1v) is 12.8. The Morgan fingerprint density at radius 3 is 2.47 bits per heavy atom. The van der Waals surface area contributed by atoms with Crippen molar-refractivity contribution < 1.29 is 17.6 Å². The fourth-order valence-electron chi connectivity index (χ4n) is 5.08. The van der Waals surface area contributed by atoms with E-state index in [-0.39, 0.29) is 23.7 Å². The SMILES string of the molecule is Cc1ccc(S(=O)(=O)N2CCC(C(=O)N3CCCC3Cc3cccc(F)c3)CC2)c(C)c1. The van der Waals surface area contributed by atoms with Crippen molar-refractivity contribution in [1.82, 2.24) is 9.21 Å². The summed E-state index contributed by atoms with van der Waals surface area (Å²) >= 11 is 0. The van der Waals surface area contributed by atoms with Gasteiger partial charge in [0.25, 0.3) is 0 Å². The second-order valence-electron chi connectivity index (χ2n) is 9.11. The van der Waals surface area contributed by atoms with Crippen molar-refractivity contribution in [3.63, 3.8) is 0 Å². The lowest BCUT2D eigenvalue weighted by Crippen LogP contribution is -2.46. The minimum Gasteiger partial charge on any atom is -0.339 e. The smallest absolute Gasteiger partial charge is 0.243 e. The van der Waals surface area contributed by atoms with E-state index in [1.807, 2.05) is 36.9 Å². The Bertz CT molecular complexity index is 1090. The maximum atomic E-state index is 13.6. The van der Waals surface area contributed by atoms with E-state index in [4.69, 9.17) is 0 Å². The van der Waals surface area contributed by atoms with E-state index in [1.54, 1.807) is 12.1 Å². The van der Waals surface area contributed by atoms with Crippen LogP contribution in [-0.2, 0) is 21.2 Å². The molecular formula is C25H31FN2O3S. The van der Waals surface area contributed by atoms with Crippen LogP contribution in [-0.4, -0.2) is 49.2 Å². The molecule has 2 heterocycles. The number of piperidine rings is 1. The van der Waals surface area contributed by atoms with E-state index in [9.17, 15) is 17.6 Å². The summed E-state index contributed by atoms with van der Waals surface area (Å²) in [5.74, 6) is -0.295. The summed E-state index contributed by atoms with van der Waals surface area (Å²) in [7, 11) is -3.56. The molecule has 172 valence electrons. The van der Waals surface area contributed by atoms with Gasteiger partial charge in [-0.1, -0.05) is 29.8 Å². The van der Waals surface area contributed by atoms with Crippen LogP contribution in [0, 0.1) is 25.6 Å². The van der Waals surface area contributed by atoms with Crippen LogP contribution < -0.4 is 0 Å². The van der Waals surface area contributed by atoms with Crippen molar-refractivity contribution in [2.75, 3.05) is 19.6 Å². The summed E-state index contributed by atoms with van der Waals surface area (Å²) in [4.78, 5) is 15.6. The minimum absolute atomic E-state index is 0.0845. The van der Waals surface area contributed by atoms with Gasteiger partial charge in [-0.2, -0.15) is 4.31 Å². The second kappa shape index (κ2) is 9.32. The molecule has 0 radical (unpaired) electrons. The highest BCUT2D eigenvalue weighted by molar-refractivity contribution is 7.89. The topological polar surface area (TPSA) is 57.7 Å². The third-order valence-electron chi connectivity index (χ3n) is 6.77. The van der Waals surface area contributed by atoms with Crippen molar-refractivity contribution in [1.29, 1.82) is 0 Å². The molecule has 1 unspecified atom stereocenters. The highest BCUT2D eigenvalue weighted by Crippen LogP contribution is 2.30. The predicted molar refractivity (Wildman–Crippen MR) is 122 cm³/mol. The summed E-state index contributed by atoms with van der Waals surface area (Å²) < 4.78 is 41.3. The van der Waals surface area contributed by atoms with Crippen molar-refractivity contribution in [2.24, 2.45) is 5.92 Å². The Morgan fingerprint density at radius 1 is 1.03 bits per heavy atom. The van der Waals surface area contributed by atoms with Crippen molar-refractivity contribution in [3.05, 3.63) is 65.0 Å². The van der Waals surface area contributed by atoms with Gasteiger partial charge in [0.05, 0.1) is 4.90 Å². The molecule has 2 aromatic carbocycles. The highest BCUT2D eigenvalue weighted by atomic mass is 32.2. The van der Waals surface area contributed by atoms with Gasteiger partial charge in [-0.3, -0.25) is 4.79 Å². The maximum absolute atomic E-state index is 13.6. The molecule has 1 atom stereocenters. The van der Waals surface area contributed by atoms with Crippen LogP contribution in [0.1, 0.15) is 42.4 Å². The summed E-state index contributed by atoms with van der Waals surface area (Å²) in [6.07, 6.45) is 3.59.